The number of methoxy groups -OCH3 is 4. The number of nitrogens with zero attached hydrogens (tertiary/aromatic N) is 6. The quantitative estimate of drug-likeness (QED) is 0.270. The number of aromatic nitrogens is 4. The van der Waals surface area contributed by atoms with Crippen LogP contribution in [0, 0.1) is 22.7 Å². The van der Waals surface area contributed by atoms with Crippen molar-refractivity contribution < 1.29 is 27.4 Å². The highest BCUT2D eigenvalue weighted by atomic mass is 32.2. The van der Waals surface area contributed by atoms with E-state index in [-0.39, 0.29) is 22.9 Å². The molecule has 216 valence electrons. The van der Waals surface area contributed by atoms with Gasteiger partial charge in [0.2, 0.25) is 21.9 Å². The molecule has 0 aliphatic heterocycles. The highest BCUT2D eigenvalue weighted by Gasteiger charge is 2.35. The van der Waals surface area contributed by atoms with E-state index in [2.05, 4.69) is 19.9 Å². The minimum Gasteiger partial charge on any atom is -0.494 e. The third-order valence-electron chi connectivity index (χ3n) is 6.46. The average molecular weight is 590 g/mol. The van der Waals surface area contributed by atoms with Gasteiger partial charge in [-0.1, -0.05) is 18.2 Å². The number of nitrogens with one attached hydrogen (secondary N) is 1. The molecule has 4 aromatic rings. The molecule has 4 rings (SSSR count). The lowest BCUT2D eigenvalue weighted by molar-refractivity contribution is 0.102. The van der Waals surface area contributed by atoms with Crippen molar-refractivity contribution >= 4 is 16.0 Å². The number of rotatable bonds is 11. The Balaban J connectivity index is 1.86. The summed E-state index contributed by atoms with van der Waals surface area (Å²) in [6, 6.07) is 18.5. The first-order valence-electron chi connectivity index (χ1n) is 12.4. The lowest BCUT2D eigenvalue weighted by Gasteiger charge is -2.24. The van der Waals surface area contributed by atoms with Gasteiger partial charge in [-0.2, -0.15) is 10.5 Å². The first-order valence-corrected chi connectivity index (χ1v) is 13.9. The first-order chi connectivity index (χ1) is 20.2. The Kier molecular flexibility index (Phi) is 8.90. The maximum Gasteiger partial charge on any atom is 0.243 e. The molecular formula is C28H27N7O6S. The van der Waals surface area contributed by atoms with Gasteiger partial charge in [0.15, 0.2) is 5.82 Å². The van der Waals surface area contributed by atoms with Crippen molar-refractivity contribution in [1.29, 1.82) is 10.5 Å². The highest BCUT2D eigenvalue weighted by molar-refractivity contribution is 7.93. The Bertz CT molecular complexity index is 1770. The Morgan fingerprint density at radius 1 is 0.905 bits per heavy atom. The van der Waals surface area contributed by atoms with E-state index in [1.54, 1.807) is 36.4 Å². The van der Waals surface area contributed by atoms with Gasteiger partial charge in [0, 0.05) is 13.2 Å². The number of ether oxygens (including phenoxy) is 4. The van der Waals surface area contributed by atoms with Crippen LogP contribution in [0.15, 0.2) is 54.6 Å². The van der Waals surface area contributed by atoms with Crippen LogP contribution in [-0.4, -0.2) is 61.9 Å². The topological polar surface area (TPSA) is 174 Å². The lowest BCUT2D eigenvalue weighted by atomic mass is 9.99. The van der Waals surface area contributed by atoms with E-state index >= 15 is 0 Å². The zero-order valence-corrected chi connectivity index (χ0v) is 24.2. The summed E-state index contributed by atoms with van der Waals surface area (Å²) in [6.45, 7) is 1.44. The summed E-state index contributed by atoms with van der Waals surface area (Å²) in [6.07, 6.45) is -1.07. The average Bonchev–Trinajstić information content (AvgIpc) is 3.42. The standard InChI is InChI=1S/C28H27N7O6S/c1-17(26(41-5)20-13-12-18(15-29)14-19(20)16-30)42(36,37)34-28-33-32-27(21-8-6-11-24(31-21)40-4)35(28)25-22(38-2)9-7-10-23(25)39-3/h6-14,17,26H,1-5H3,(H,33,34). The third kappa shape index (κ3) is 5.67. The van der Waals surface area contributed by atoms with Gasteiger partial charge in [-0.3, -0.25) is 9.29 Å². The monoisotopic (exact) mass is 589 g/mol. The predicted octanol–water partition coefficient (Wildman–Crippen LogP) is 3.62. The van der Waals surface area contributed by atoms with E-state index < -0.39 is 21.4 Å². The number of para-hydroxylation sites is 1. The minimum atomic E-state index is -4.26. The molecule has 13 nitrogen and oxygen atoms in total. The Labute approximate surface area is 242 Å². The van der Waals surface area contributed by atoms with E-state index in [1.807, 2.05) is 12.1 Å². The van der Waals surface area contributed by atoms with Gasteiger partial charge in [0.25, 0.3) is 0 Å². The fraction of sp³-hybridized carbons (Fsp3) is 0.250. The van der Waals surface area contributed by atoms with Crippen LogP contribution >= 0.6 is 0 Å². The molecular weight excluding hydrogens is 562 g/mol. The summed E-state index contributed by atoms with van der Waals surface area (Å²) in [5, 5.41) is 26.1. The van der Waals surface area contributed by atoms with Crippen molar-refractivity contribution in [3.63, 3.8) is 0 Å². The van der Waals surface area contributed by atoms with Crippen molar-refractivity contribution in [3.05, 3.63) is 71.3 Å². The van der Waals surface area contributed by atoms with Gasteiger partial charge in [0.05, 0.1) is 44.6 Å². The lowest BCUT2D eigenvalue weighted by Crippen LogP contribution is -2.33. The Hall–Kier alpha value is -5.18. The number of pyridine rings is 1. The SMILES string of the molecule is COc1cccc(-c2nnc(NS(=O)(=O)C(C)C(OC)c3ccc(C#N)cc3C#N)n2-c2c(OC)cccc2OC)n1. The van der Waals surface area contributed by atoms with Crippen LogP contribution in [0.25, 0.3) is 17.2 Å². The van der Waals surface area contributed by atoms with Crippen LogP contribution in [0.4, 0.5) is 5.95 Å². The van der Waals surface area contributed by atoms with E-state index in [9.17, 15) is 18.9 Å². The number of anilines is 1. The Morgan fingerprint density at radius 3 is 2.19 bits per heavy atom. The Morgan fingerprint density at radius 2 is 1.60 bits per heavy atom. The molecule has 0 amide bonds. The number of nitriles is 2. The summed E-state index contributed by atoms with van der Waals surface area (Å²) < 4.78 is 53.6. The molecule has 0 aliphatic carbocycles. The van der Waals surface area contributed by atoms with Crippen molar-refractivity contribution in [1.82, 2.24) is 19.7 Å². The number of benzene rings is 2. The third-order valence-corrected chi connectivity index (χ3v) is 8.16. The largest absolute Gasteiger partial charge is 0.494 e. The van der Waals surface area contributed by atoms with Gasteiger partial charge in [0.1, 0.15) is 34.2 Å². The molecule has 42 heavy (non-hydrogen) atoms. The molecule has 2 aromatic heterocycles. The molecule has 0 saturated carbocycles. The second-order valence-electron chi connectivity index (χ2n) is 8.79. The second-order valence-corrected chi connectivity index (χ2v) is 10.8. The van der Waals surface area contributed by atoms with E-state index in [0.717, 1.165) is 0 Å². The minimum absolute atomic E-state index is 0.122. The van der Waals surface area contributed by atoms with Gasteiger partial charge in [-0.05, 0) is 42.8 Å². The maximum atomic E-state index is 13.8. The van der Waals surface area contributed by atoms with Crippen molar-refractivity contribution in [2.75, 3.05) is 33.2 Å². The zero-order valence-electron chi connectivity index (χ0n) is 23.4. The number of sulfonamides is 1. The van der Waals surface area contributed by atoms with Crippen LogP contribution in [0.3, 0.4) is 0 Å². The molecule has 2 atom stereocenters. The smallest absolute Gasteiger partial charge is 0.243 e. The van der Waals surface area contributed by atoms with E-state index in [0.29, 0.717) is 34.3 Å². The van der Waals surface area contributed by atoms with Crippen LogP contribution in [0.1, 0.15) is 29.7 Å². The van der Waals surface area contributed by atoms with Crippen LogP contribution < -0.4 is 18.9 Å². The summed E-state index contributed by atoms with van der Waals surface area (Å²) in [5.74, 6) is 0.989. The molecule has 0 fully saturated rings. The molecule has 0 aliphatic rings. The summed E-state index contributed by atoms with van der Waals surface area (Å²) >= 11 is 0. The molecule has 0 radical (unpaired) electrons. The number of hydrogen-bond acceptors (Lipinski definition) is 11. The van der Waals surface area contributed by atoms with Gasteiger partial charge in [-0.25, -0.2) is 13.4 Å². The fourth-order valence-electron chi connectivity index (χ4n) is 4.36. The molecule has 0 saturated heterocycles. The molecule has 1 N–H and O–H groups in total. The van der Waals surface area contributed by atoms with Crippen LogP contribution in [0.5, 0.6) is 17.4 Å². The highest BCUT2D eigenvalue weighted by Crippen LogP contribution is 2.38. The molecule has 2 aromatic carbocycles. The van der Waals surface area contributed by atoms with Crippen molar-refractivity contribution in [2.45, 2.75) is 18.3 Å². The molecule has 0 spiro atoms. The van der Waals surface area contributed by atoms with Crippen LogP contribution in [-0.2, 0) is 14.8 Å². The number of hydrogen-bond donors (Lipinski definition) is 1. The summed E-state index contributed by atoms with van der Waals surface area (Å²) in [7, 11) is 1.47. The van der Waals surface area contributed by atoms with Crippen molar-refractivity contribution in [2.24, 2.45) is 0 Å². The van der Waals surface area contributed by atoms with Gasteiger partial charge < -0.3 is 18.9 Å². The summed E-state index contributed by atoms with van der Waals surface area (Å²) in [4.78, 5) is 4.44. The predicted molar refractivity (Wildman–Crippen MR) is 152 cm³/mol. The first kappa shape index (κ1) is 29.8. The second kappa shape index (κ2) is 12.6. The molecule has 2 unspecified atom stereocenters. The zero-order chi connectivity index (χ0) is 30.4. The van der Waals surface area contributed by atoms with Crippen molar-refractivity contribution in [3.8, 4) is 46.7 Å². The molecule has 0 bridgehead atoms. The fourth-order valence-corrected chi connectivity index (χ4v) is 5.51. The van der Waals surface area contributed by atoms with E-state index in [1.165, 1.54) is 58.1 Å². The van der Waals surface area contributed by atoms with E-state index in [4.69, 9.17) is 18.9 Å². The normalized spacial score (nSPS) is 12.5. The van der Waals surface area contributed by atoms with Gasteiger partial charge in [-0.15, -0.1) is 10.2 Å². The van der Waals surface area contributed by atoms with Crippen LogP contribution in [0.2, 0.25) is 0 Å². The molecule has 2 heterocycles. The molecule has 14 heteroatoms. The van der Waals surface area contributed by atoms with Gasteiger partial charge >= 0.3 is 0 Å². The summed E-state index contributed by atoms with van der Waals surface area (Å²) in [5.41, 5.74) is 1.34. The maximum absolute atomic E-state index is 13.8.